The number of hydrogen-bond acceptors (Lipinski definition) is 4. The number of nitrogens with zero attached hydrogens (tertiary/aromatic N) is 2. The smallest absolute Gasteiger partial charge is 0.307 e. The van der Waals surface area contributed by atoms with Crippen LogP contribution in [0.4, 0.5) is 10.5 Å². The first kappa shape index (κ1) is 19.4. The number of rotatable bonds is 4. The maximum atomic E-state index is 12.6. The maximum absolute atomic E-state index is 12.6. The molecule has 0 saturated carbocycles. The van der Waals surface area contributed by atoms with E-state index < -0.39 is 16.1 Å². The fourth-order valence-electron chi connectivity index (χ4n) is 4.10. The van der Waals surface area contributed by atoms with Crippen molar-refractivity contribution >= 4 is 37.7 Å². The Kier molecular flexibility index (Phi) is 4.99. The lowest BCUT2D eigenvalue weighted by Crippen LogP contribution is -2.34. The van der Waals surface area contributed by atoms with Gasteiger partial charge in [-0.2, -0.15) is 5.10 Å². The minimum Gasteiger partial charge on any atom is -0.307 e. The highest BCUT2D eigenvalue weighted by molar-refractivity contribution is 9.10. The summed E-state index contributed by atoms with van der Waals surface area (Å²) < 4.78 is 30.0. The third-order valence-corrected chi connectivity index (χ3v) is 7.69. The lowest BCUT2D eigenvalue weighted by Gasteiger charge is -2.18. The number of anilines is 1. The molecule has 28 heavy (non-hydrogen) atoms. The molecule has 0 unspecified atom stereocenters. The summed E-state index contributed by atoms with van der Waals surface area (Å²) in [5.41, 5.74) is 5.56. The fraction of sp³-hybridized carbons (Fsp3) is 0.474. The van der Waals surface area contributed by atoms with E-state index in [0.717, 1.165) is 55.3 Å². The summed E-state index contributed by atoms with van der Waals surface area (Å²) in [6.45, 7) is 3.80. The highest BCUT2D eigenvalue weighted by Gasteiger charge is 2.29. The van der Waals surface area contributed by atoms with Gasteiger partial charge in [-0.1, -0.05) is 15.9 Å². The monoisotopic (exact) mass is 466 g/mol. The predicted octanol–water partition coefficient (Wildman–Crippen LogP) is 3.71. The van der Waals surface area contributed by atoms with E-state index in [1.807, 2.05) is 13.8 Å². The number of amides is 2. The lowest BCUT2D eigenvalue weighted by molar-refractivity contribution is 0.256. The van der Waals surface area contributed by atoms with Crippen LogP contribution in [0.2, 0.25) is 0 Å². The SMILES string of the molecule is CC(C)n1cc(S(=O)(=O)NC(=O)Nc2c3c(c(Br)c4c2CCC4)CCC3)cn1. The molecule has 0 radical (unpaired) electrons. The summed E-state index contributed by atoms with van der Waals surface area (Å²) in [6, 6.07) is -0.700. The minimum absolute atomic E-state index is 0.0254. The van der Waals surface area contributed by atoms with E-state index >= 15 is 0 Å². The van der Waals surface area contributed by atoms with Gasteiger partial charge in [0, 0.05) is 22.4 Å². The van der Waals surface area contributed by atoms with E-state index in [4.69, 9.17) is 0 Å². The van der Waals surface area contributed by atoms with E-state index in [0.29, 0.717) is 0 Å². The third kappa shape index (κ3) is 3.34. The molecule has 0 fully saturated rings. The molecule has 9 heteroatoms. The molecule has 150 valence electrons. The largest absolute Gasteiger partial charge is 0.333 e. The molecule has 2 aliphatic carbocycles. The molecule has 1 aromatic heterocycles. The van der Waals surface area contributed by atoms with Crippen molar-refractivity contribution in [3.8, 4) is 0 Å². The number of nitrogens with one attached hydrogen (secondary N) is 2. The standard InChI is InChI=1S/C19H23BrN4O3S/c1-11(2)24-10-12(9-21-24)28(26,27)23-19(25)22-18-15-7-3-5-13(15)17(20)14-6-4-8-16(14)18/h9-11H,3-8H2,1-2H3,(H2,22,23,25). The van der Waals surface area contributed by atoms with Gasteiger partial charge in [-0.15, -0.1) is 0 Å². The first-order valence-electron chi connectivity index (χ1n) is 9.51. The van der Waals surface area contributed by atoms with Crippen LogP contribution in [0.1, 0.15) is 55.0 Å². The van der Waals surface area contributed by atoms with Crippen LogP contribution in [0.3, 0.4) is 0 Å². The van der Waals surface area contributed by atoms with Crippen LogP contribution >= 0.6 is 15.9 Å². The zero-order chi connectivity index (χ0) is 20.1. The number of sulfonamides is 1. The highest BCUT2D eigenvalue weighted by Crippen LogP contribution is 2.44. The number of carbonyl (C=O) groups excluding carboxylic acids is 1. The molecular weight excluding hydrogens is 444 g/mol. The molecule has 2 N–H and O–H groups in total. The zero-order valence-corrected chi connectivity index (χ0v) is 18.3. The summed E-state index contributed by atoms with van der Waals surface area (Å²) in [4.78, 5) is 12.6. The summed E-state index contributed by atoms with van der Waals surface area (Å²) in [6.07, 6.45) is 8.51. The van der Waals surface area contributed by atoms with Gasteiger partial charge in [0.2, 0.25) is 0 Å². The Balaban J connectivity index is 1.59. The van der Waals surface area contributed by atoms with E-state index in [-0.39, 0.29) is 10.9 Å². The Morgan fingerprint density at radius 1 is 1.11 bits per heavy atom. The molecule has 2 aromatic rings. The van der Waals surface area contributed by atoms with Crippen LogP contribution < -0.4 is 10.0 Å². The number of hydrogen-bond donors (Lipinski definition) is 2. The summed E-state index contributed by atoms with van der Waals surface area (Å²) >= 11 is 3.74. The molecule has 0 spiro atoms. The zero-order valence-electron chi connectivity index (χ0n) is 15.9. The molecule has 2 aliphatic rings. The van der Waals surface area contributed by atoms with E-state index in [1.165, 1.54) is 28.0 Å². The second-order valence-electron chi connectivity index (χ2n) is 7.62. The fourth-order valence-corrected chi connectivity index (χ4v) is 5.82. The van der Waals surface area contributed by atoms with Crippen molar-refractivity contribution in [1.82, 2.24) is 14.5 Å². The van der Waals surface area contributed by atoms with Crippen LogP contribution in [0.25, 0.3) is 0 Å². The van der Waals surface area contributed by atoms with E-state index in [9.17, 15) is 13.2 Å². The Bertz CT molecular complexity index is 1020. The van der Waals surface area contributed by atoms with Gasteiger partial charge in [0.05, 0.1) is 6.20 Å². The number of aromatic nitrogens is 2. The van der Waals surface area contributed by atoms with Crippen molar-refractivity contribution in [3.63, 3.8) is 0 Å². The number of urea groups is 1. The minimum atomic E-state index is -3.98. The lowest BCUT2D eigenvalue weighted by atomic mass is 9.99. The second-order valence-corrected chi connectivity index (χ2v) is 10.1. The van der Waals surface area contributed by atoms with E-state index in [2.05, 4.69) is 31.1 Å². The van der Waals surface area contributed by atoms with Crippen LogP contribution in [0, 0.1) is 0 Å². The third-order valence-electron chi connectivity index (χ3n) is 5.45. The first-order valence-corrected chi connectivity index (χ1v) is 11.8. The number of carbonyl (C=O) groups is 1. The molecule has 0 atom stereocenters. The van der Waals surface area contributed by atoms with Crippen LogP contribution in [0.15, 0.2) is 21.8 Å². The van der Waals surface area contributed by atoms with Crippen molar-refractivity contribution in [3.05, 3.63) is 39.1 Å². The molecule has 1 aromatic carbocycles. The van der Waals surface area contributed by atoms with Gasteiger partial charge in [0.15, 0.2) is 0 Å². The van der Waals surface area contributed by atoms with Gasteiger partial charge in [-0.05, 0) is 74.6 Å². The molecule has 4 rings (SSSR count). The molecule has 1 heterocycles. The Labute approximate surface area is 173 Å². The number of benzene rings is 1. The molecular formula is C19H23BrN4O3S. The van der Waals surface area contributed by atoms with Crippen molar-refractivity contribution in [2.45, 2.75) is 63.3 Å². The maximum Gasteiger partial charge on any atom is 0.333 e. The van der Waals surface area contributed by atoms with Gasteiger partial charge in [0.1, 0.15) is 4.90 Å². The first-order chi connectivity index (χ1) is 13.3. The number of fused-ring (bicyclic) bond motifs is 2. The quantitative estimate of drug-likeness (QED) is 0.717. The van der Waals surface area contributed by atoms with Crippen molar-refractivity contribution < 1.29 is 13.2 Å². The molecule has 2 amide bonds. The second kappa shape index (κ2) is 7.18. The van der Waals surface area contributed by atoms with Crippen LogP contribution in [0.5, 0.6) is 0 Å². The van der Waals surface area contributed by atoms with Crippen LogP contribution in [-0.2, 0) is 35.7 Å². The van der Waals surface area contributed by atoms with Crippen LogP contribution in [-0.4, -0.2) is 24.2 Å². The topological polar surface area (TPSA) is 93.1 Å². The van der Waals surface area contributed by atoms with Gasteiger partial charge in [0.25, 0.3) is 10.0 Å². The van der Waals surface area contributed by atoms with Crippen molar-refractivity contribution in [2.24, 2.45) is 0 Å². The number of halogens is 1. The normalized spacial score (nSPS) is 15.6. The van der Waals surface area contributed by atoms with Gasteiger partial charge >= 0.3 is 6.03 Å². The molecule has 0 saturated heterocycles. The van der Waals surface area contributed by atoms with E-state index in [1.54, 1.807) is 4.68 Å². The van der Waals surface area contributed by atoms with Gasteiger partial charge < -0.3 is 5.32 Å². The average molecular weight is 467 g/mol. The Hall–Kier alpha value is -1.87. The Morgan fingerprint density at radius 3 is 2.21 bits per heavy atom. The predicted molar refractivity (Wildman–Crippen MR) is 110 cm³/mol. The molecule has 7 nitrogen and oxygen atoms in total. The highest BCUT2D eigenvalue weighted by atomic mass is 79.9. The Morgan fingerprint density at radius 2 is 1.68 bits per heavy atom. The molecule has 0 bridgehead atoms. The summed E-state index contributed by atoms with van der Waals surface area (Å²) in [5, 5.41) is 6.89. The van der Waals surface area contributed by atoms with Crippen molar-refractivity contribution in [2.75, 3.05) is 5.32 Å². The van der Waals surface area contributed by atoms with Crippen molar-refractivity contribution in [1.29, 1.82) is 0 Å². The average Bonchev–Trinajstić information content (AvgIpc) is 3.38. The van der Waals surface area contributed by atoms with Gasteiger partial charge in [-0.25, -0.2) is 17.9 Å². The summed E-state index contributed by atoms with van der Waals surface area (Å²) in [5.74, 6) is 0. The summed E-state index contributed by atoms with van der Waals surface area (Å²) in [7, 11) is -3.98. The molecule has 0 aliphatic heterocycles. The van der Waals surface area contributed by atoms with Gasteiger partial charge in [-0.3, -0.25) is 4.68 Å².